The SMILES string of the molecule is CC(=O)OCC(=O)[C@@]1(O)C(O)C[C@H]2[C@@H]3CCC4=CC(=O)C=C[C@]4(C)C3=CC[C@@]21C. The summed E-state index contributed by atoms with van der Waals surface area (Å²) in [4.78, 5) is 35.8. The number of ketones is 2. The number of aliphatic hydroxyl groups excluding tert-OH is 1. The summed E-state index contributed by atoms with van der Waals surface area (Å²) >= 11 is 0. The Morgan fingerprint density at radius 3 is 2.72 bits per heavy atom. The van der Waals surface area contributed by atoms with Gasteiger partial charge in [0.2, 0.25) is 5.78 Å². The van der Waals surface area contributed by atoms with E-state index in [9.17, 15) is 24.6 Å². The first-order valence-corrected chi connectivity index (χ1v) is 10.3. The number of esters is 1. The van der Waals surface area contributed by atoms with Crippen molar-refractivity contribution < 1.29 is 29.3 Å². The number of allylic oxidation sites excluding steroid dienone is 6. The zero-order valence-corrected chi connectivity index (χ0v) is 17.1. The van der Waals surface area contributed by atoms with Crippen LogP contribution >= 0.6 is 0 Å². The van der Waals surface area contributed by atoms with Crippen molar-refractivity contribution in [1.82, 2.24) is 0 Å². The molecule has 0 aromatic heterocycles. The van der Waals surface area contributed by atoms with Crippen LogP contribution in [0.1, 0.15) is 46.5 Å². The van der Waals surface area contributed by atoms with E-state index in [2.05, 4.69) is 13.0 Å². The number of carbonyl (C=O) groups is 3. The normalized spacial score (nSPS) is 42.9. The fourth-order valence-corrected chi connectivity index (χ4v) is 6.33. The van der Waals surface area contributed by atoms with E-state index in [-0.39, 0.29) is 23.0 Å². The van der Waals surface area contributed by atoms with Gasteiger partial charge in [0, 0.05) is 17.8 Å². The molecule has 2 saturated carbocycles. The quantitative estimate of drug-likeness (QED) is 0.555. The van der Waals surface area contributed by atoms with Gasteiger partial charge in [-0.15, -0.1) is 0 Å². The van der Waals surface area contributed by atoms with Crippen molar-refractivity contribution in [3.05, 3.63) is 35.5 Å². The molecule has 0 aliphatic heterocycles. The summed E-state index contributed by atoms with van der Waals surface area (Å²) in [7, 11) is 0. The molecule has 6 atom stereocenters. The van der Waals surface area contributed by atoms with Gasteiger partial charge in [-0.25, -0.2) is 0 Å². The van der Waals surface area contributed by atoms with Crippen LogP contribution in [0.2, 0.25) is 0 Å². The fraction of sp³-hybridized carbons (Fsp3) is 0.609. The second-order valence-corrected chi connectivity index (χ2v) is 9.36. The van der Waals surface area contributed by atoms with Gasteiger partial charge < -0.3 is 14.9 Å². The highest BCUT2D eigenvalue weighted by Gasteiger charge is 2.68. The van der Waals surface area contributed by atoms with Crippen LogP contribution in [0, 0.1) is 22.7 Å². The van der Waals surface area contributed by atoms with E-state index < -0.39 is 35.5 Å². The third kappa shape index (κ3) is 2.65. The monoisotopic (exact) mass is 400 g/mol. The first-order valence-electron chi connectivity index (χ1n) is 10.3. The highest BCUT2D eigenvalue weighted by atomic mass is 16.5. The number of rotatable bonds is 3. The minimum absolute atomic E-state index is 0.0129. The molecule has 2 N–H and O–H groups in total. The van der Waals surface area contributed by atoms with E-state index >= 15 is 0 Å². The van der Waals surface area contributed by atoms with Gasteiger partial charge in [0.05, 0.1) is 6.10 Å². The minimum atomic E-state index is -1.95. The van der Waals surface area contributed by atoms with Crippen LogP contribution in [-0.4, -0.2) is 46.1 Å². The lowest BCUT2D eigenvalue weighted by molar-refractivity contribution is -0.174. The first-order chi connectivity index (χ1) is 13.5. The Hall–Kier alpha value is -2.05. The van der Waals surface area contributed by atoms with Gasteiger partial charge >= 0.3 is 5.97 Å². The van der Waals surface area contributed by atoms with Gasteiger partial charge in [0.25, 0.3) is 0 Å². The second-order valence-electron chi connectivity index (χ2n) is 9.36. The number of hydrogen-bond donors (Lipinski definition) is 2. The van der Waals surface area contributed by atoms with Gasteiger partial charge in [0.1, 0.15) is 0 Å². The summed E-state index contributed by atoms with van der Waals surface area (Å²) in [6, 6.07) is 0. The maximum atomic E-state index is 12.9. The number of Topliss-reactive ketones (excluding diaryl/α,β-unsaturated/α-hetero) is 1. The molecule has 1 unspecified atom stereocenters. The Bertz CT molecular complexity index is 882. The van der Waals surface area contributed by atoms with Crippen molar-refractivity contribution >= 4 is 17.5 Å². The highest BCUT2D eigenvalue weighted by Crippen LogP contribution is 2.65. The second kappa shape index (κ2) is 6.47. The predicted molar refractivity (Wildman–Crippen MR) is 105 cm³/mol. The summed E-state index contributed by atoms with van der Waals surface area (Å²) in [6.07, 6.45) is 8.54. The maximum absolute atomic E-state index is 12.9. The van der Waals surface area contributed by atoms with Crippen molar-refractivity contribution in [2.45, 2.75) is 58.2 Å². The van der Waals surface area contributed by atoms with E-state index in [4.69, 9.17) is 4.74 Å². The molecule has 0 aromatic carbocycles. The molecule has 0 bridgehead atoms. The molecule has 4 rings (SSSR count). The number of hydrogen-bond acceptors (Lipinski definition) is 6. The highest BCUT2D eigenvalue weighted by molar-refractivity contribution is 6.01. The molecule has 29 heavy (non-hydrogen) atoms. The lowest BCUT2D eigenvalue weighted by Crippen LogP contribution is -2.59. The molecule has 0 amide bonds. The van der Waals surface area contributed by atoms with E-state index in [0.717, 1.165) is 18.4 Å². The van der Waals surface area contributed by atoms with Crippen molar-refractivity contribution in [1.29, 1.82) is 0 Å². The molecule has 0 aromatic rings. The lowest BCUT2D eigenvalue weighted by Gasteiger charge is -2.53. The van der Waals surface area contributed by atoms with Crippen LogP contribution in [0.25, 0.3) is 0 Å². The van der Waals surface area contributed by atoms with Gasteiger partial charge in [-0.3, -0.25) is 14.4 Å². The fourth-order valence-electron chi connectivity index (χ4n) is 6.33. The van der Waals surface area contributed by atoms with Crippen molar-refractivity contribution in [3.8, 4) is 0 Å². The molecule has 2 fully saturated rings. The molecular formula is C23H28O6. The van der Waals surface area contributed by atoms with Gasteiger partial charge in [-0.2, -0.15) is 0 Å². The minimum Gasteiger partial charge on any atom is -0.458 e. The number of carbonyl (C=O) groups excluding carboxylic acids is 3. The van der Waals surface area contributed by atoms with Crippen molar-refractivity contribution in [2.24, 2.45) is 22.7 Å². The van der Waals surface area contributed by atoms with Crippen LogP contribution in [0.5, 0.6) is 0 Å². The topological polar surface area (TPSA) is 101 Å². The zero-order valence-electron chi connectivity index (χ0n) is 17.1. The Morgan fingerprint density at radius 1 is 1.31 bits per heavy atom. The molecule has 0 saturated heterocycles. The maximum Gasteiger partial charge on any atom is 0.303 e. The lowest BCUT2D eigenvalue weighted by atomic mass is 9.51. The van der Waals surface area contributed by atoms with Crippen molar-refractivity contribution in [2.75, 3.05) is 6.61 Å². The van der Waals surface area contributed by atoms with Crippen LogP contribution in [0.15, 0.2) is 35.5 Å². The summed E-state index contributed by atoms with van der Waals surface area (Å²) < 4.78 is 4.83. The molecule has 0 radical (unpaired) electrons. The molecule has 6 nitrogen and oxygen atoms in total. The Labute approximate surface area is 170 Å². The summed E-state index contributed by atoms with van der Waals surface area (Å²) in [6.45, 7) is 4.65. The Morgan fingerprint density at radius 2 is 2.03 bits per heavy atom. The molecule has 4 aliphatic carbocycles. The van der Waals surface area contributed by atoms with Crippen LogP contribution in [0.4, 0.5) is 0 Å². The third-order valence-electron chi connectivity index (χ3n) is 8.00. The largest absolute Gasteiger partial charge is 0.458 e. The number of ether oxygens (including phenoxy) is 1. The first kappa shape index (κ1) is 20.2. The van der Waals surface area contributed by atoms with E-state index in [0.29, 0.717) is 12.8 Å². The van der Waals surface area contributed by atoms with E-state index in [1.807, 2.05) is 13.0 Å². The average molecular weight is 400 g/mol. The van der Waals surface area contributed by atoms with Gasteiger partial charge in [-0.1, -0.05) is 30.2 Å². The zero-order chi connectivity index (χ0) is 21.2. The predicted octanol–water partition coefficient (Wildman–Crippen LogP) is 2.05. The molecule has 156 valence electrons. The molecule has 4 aliphatic rings. The number of aliphatic hydroxyl groups is 2. The Balaban J connectivity index is 1.71. The van der Waals surface area contributed by atoms with Gasteiger partial charge in [-0.05, 0) is 56.6 Å². The Kier molecular flexibility index (Phi) is 4.52. The molecular weight excluding hydrogens is 372 g/mol. The summed E-state index contributed by atoms with van der Waals surface area (Å²) in [5.41, 5.74) is -0.805. The summed E-state index contributed by atoms with van der Waals surface area (Å²) in [5.74, 6) is -1.20. The van der Waals surface area contributed by atoms with Crippen LogP contribution < -0.4 is 0 Å². The summed E-state index contributed by atoms with van der Waals surface area (Å²) in [5, 5.41) is 22.2. The van der Waals surface area contributed by atoms with E-state index in [1.165, 1.54) is 12.5 Å². The van der Waals surface area contributed by atoms with Gasteiger partial charge in [0.15, 0.2) is 18.0 Å². The van der Waals surface area contributed by atoms with Crippen molar-refractivity contribution in [3.63, 3.8) is 0 Å². The standard InChI is InChI=1S/C23H28O6/c1-13(24)29-12-20(27)23(28)19(26)11-18-16-5-4-14-10-15(25)6-8-21(14,2)17(16)7-9-22(18,23)3/h6-8,10,16,18-19,26,28H,4-5,9,11-12H2,1-3H3/t16-,18+,19?,21+,22+,23+/m1/s1. The average Bonchev–Trinajstić information content (AvgIpc) is 2.88. The molecule has 0 heterocycles. The smallest absolute Gasteiger partial charge is 0.303 e. The molecule has 6 heteroatoms. The van der Waals surface area contributed by atoms with E-state index in [1.54, 1.807) is 12.2 Å². The van der Waals surface area contributed by atoms with Crippen LogP contribution in [0.3, 0.4) is 0 Å². The van der Waals surface area contributed by atoms with Crippen LogP contribution in [-0.2, 0) is 19.1 Å². The number of fused-ring (bicyclic) bond motifs is 5. The molecule has 0 spiro atoms. The third-order valence-corrected chi connectivity index (χ3v) is 8.00.